The molecule has 0 aliphatic carbocycles. The maximum absolute atomic E-state index is 12.4. The predicted molar refractivity (Wildman–Crippen MR) is 99.6 cm³/mol. The van der Waals surface area contributed by atoms with E-state index >= 15 is 0 Å². The maximum atomic E-state index is 12.4. The van der Waals surface area contributed by atoms with E-state index in [1.165, 1.54) is 0 Å². The number of rotatable bonds is 12. The molecule has 0 aliphatic heterocycles. The van der Waals surface area contributed by atoms with Gasteiger partial charge in [0.1, 0.15) is 18.1 Å². The number of aliphatic carboxylic acids is 1. The first kappa shape index (κ1) is 24.7. The first-order valence-electron chi connectivity index (χ1n) is 8.25. The topological polar surface area (TPSA) is 194 Å². The van der Waals surface area contributed by atoms with Crippen LogP contribution in [0.5, 0.6) is 0 Å². The molecular weight excluding hydrogens is 378 g/mol. The molecular formula is C15H27N5O6S. The van der Waals surface area contributed by atoms with Gasteiger partial charge in [0.25, 0.3) is 0 Å². The summed E-state index contributed by atoms with van der Waals surface area (Å²) in [6.07, 6.45) is -0.257. The first-order valence-corrected chi connectivity index (χ1v) is 8.88. The Kier molecular flexibility index (Phi) is 11.1. The number of primary amides is 1. The number of hydrogen-bond acceptors (Lipinski definition) is 7. The monoisotopic (exact) mass is 405 g/mol. The molecule has 8 N–H and O–H groups in total. The third-order valence-electron chi connectivity index (χ3n) is 3.56. The van der Waals surface area contributed by atoms with Gasteiger partial charge in [-0.15, -0.1) is 0 Å². The second-order valence-electron chi connectivity index (χ2n) is 6.14. The number of amides is 4. The Hall–Kier alpha value is -2.34. The summed E-state index contributed by atoms with van der Waals surface area (Å²) in [6, 6.07) is -3.42. The van der Waals surface area contributed by atoms with E-state index in [1.807, 2.05) is 0 Å². The third-order valence-corrected chi connectivity index (χ3v) is 3.93. The molecule has 4 amide bonds. The highest BCUT2D eigenvalue weighted by Crippen LogP contribution is 2.04. The molecule has 0 fully saturated rings. The molecule has 154 valence electrons. The lowest BCUT2D eigenvalue weighted by Crippen LogP contribution is -2.57. The van der Waals surface area contributed by atoms with Crippen LogP contribution in [0.4, 0.5) is 0 Å². The standard InChI is InChI=1S/C15H27N5O6S/c1-7(2)12(15(25)26)20-14(24)9(6-27)19-13(23)8(3-4-10(17)21)18-11(22)5-16/h7-9,12,27H,3-6,16H2,1-2H3,(H2,17,21)(H,18,22)(H,19,23)(H,20,24)(H,25,26). The molecule has 27 heavy (non-hydrogen) atoms. The number of carboxylic acids is 1. The summed E-state index contributed by atoms with van der Waals surface area (Å²) < 4.78 is 0. The summed E-state index contributed by atoms with van der Waals surface area (Å²) in [5, 5.41) is 16.2. The van der Waals surface area contributed by atoms with Gasteiger partial charge in [-0.05, 0) is 12.3 Å². The van der Waals surface area contributed by atoms with Crippen molar-refractivity contribution in [1.29, 1.82) is 0 Å². The zero-order chi connectivity index (χ0) is 21.1. The van der Waals surface area contributed by atoms with Gasteiger partial charge in [-0.2, -0.15) is 12.6 Å². The second-order valence-corrected chi connectivity index (χ2v) is 6.51. The third kappa shape index (κ3) is 9.24. The van der Waals surface area contributed by atoms with Crippen molar-refractivity contribution in [3.8, 4) is 0 Å². The Morgan fingerprint density at radius 2 is 1.56 bits per heavy atom. The van der Waals surface area contributed by atoms with E-state index in [4.69, 9.17) is 16.6 Å². The number of carboxylic acid groups (broad SMARTS) is 1. The number of carbonyl (C=O) groups is 5. The Labute approximate surface area is 162 Å². The minimum absolute atomic E-state index is 0.0858. The smallest absolute Gasteiger partial charge is 0.326 e. The lowest BCUT2D eigenvalue weighted by molar-refractivity contribution is -0.143. The van der Waals surface area contributed by atoms with Gasteiger partial charge in [-0.3, -0.25) is 19.2 Å². The molecule has 12 heteroatoms. The number of thiol groups is 1. The van der Waals surface area contributed by atoms with Crippen molar-refractivity contribution >= 4 is 42.2 Å². The number of nitrogens with two attached hydrogens (primary N) is 2. The van der Waals surface area contributed by atoms with Gasteiger partial charge in [-0.25, -0.2) is 4.79 Å². The first-order chi connectivity index (χ1) is 12.5. The van der Waals surface area contributed by atoms with Gasteiger partial charge < -0.3 is 32.5 Å². The fourth-order valence-corrected chi connectivity index (χ4v) is 2.30. The minimum Gasteiger partial charge on any atom is -0.480 e. The van der Waals surface area contributed by atoms with Crippen LogP contribution in [0.2, 0.25) is 0 Å². The van der Waals surface area contributed by atoms with Crippen LogP contribution in [0.15, 0.2) is 0 Å². The van der Waals surface area contributed by atoms with Crippen LogP contribution in [0, 0.1) is 5.92 Å². The van der Waals surface area contributed by atoms with E-state index in [-0.39, 0.29) is 31.1 Å². The molecule has 3 atom stereocenters. The van der Waals surface area contributed by atoms with E-state index in [9.17, 15) is 24.0 Å². The molecule has 0 aromatic heterocycles. The fraction of sp³-hybridized carbons (Fsp3) is 0.667. The van der Waals surface area contributed by atoms with Crippen LogP contribution in [0.1, 0.15) is 26.7 Å². The van der Waals surface area contributed by atoms with Crippen LogP contribution in [-0.4, -0.2) is 65.1 Å². The van der Waals surface area contributed by atoms with E-state index < -0.39 is 47.7 Å². The van der Waals surface area contributed by atoms with E-state index in [0.29, 0.717) is 0 Å². The van der Waals surface area contributed by atoms with Crippen molar-refractivity contribution in [3.05, 3.63) is 0 Å². The average molecular weight is 405 g/mol. The van der Waals surface area contributed by atoms with E-state index in [0.717, 1.165) is 0 Å². The molecule has 0 spiro atoms. The highest BCUT2D eigenvalue weighted by atomic mass is 32.1. The molecule has 11 nitrogen and oxygen atoms in total. The van der Waals surface area contributed by atoms with Crippen LogP contribution in [0.3, 0.4) is 0 Å². The lowest BCUT2D eigenvalue weighted by atomic mass is 10.0. The second kappa shape index (κ2) is 12.1. The molecule has 0 aliphatic rings. The molecule has 0 saturated carbocycles. The van der Waals surface area contributed by atoms with Crippen molar-refractivity contribution in [3.63, 3.8) is 0 Å². The Balaban J connectivity index is 5.10. The summed E-state index contributed by atoms with van der Waals surface area (Å²) >= 11 is 3.99. The van der Waals surface area contributed by atoms with Gasteiger partial charge in [0, 0.05) is 12.2 Å². The minimum atomic E-state index is -1.21. The molecule has 3 unspecified atom stereocenters. The normalized spacial score (nSPS) is 14.0. The van der Waals surface area contributed by atoms with Crippen LogP contribution in [0.25, 0.3) is 0 Å². The summed E-state index contributed by atoms with van der Waals surface area (Å²) in [5.74, 6) is -4.49. The Morgan fingerprint density at radius 1 is 1.00 bits per heavy atom. The molecule has 0 aromatic rings. The lowest BCUT2D eigenvalue weighted by Gasteiger charge is -2.24. The molecule has 0 aromatic carbocycles. The zero-order valence-corrected chi connectivity index (χ0v) is 16.1. The van der Waals surface area contributed by atoms with Crippen molar-refractivity contribution in [2.75, 3.05) is 12.3 Å². The van der Waals surface area contributed by atoms with E-state index in [2.05, 4.69) is 28.6 Å². The zero-order valence-electron chi connectivity index (χ0n) is 15.2. The van der Waals surface area contributed by atoms with Gasteiger partial charge in [0.05, 0.1) is 6.54 Å². The summed E-state index contributed by atoms with van der Waals surface area (Å²) in [6.45, 7) is 2.87. The van der Waals surface area contributed by atoms with Crippen molar-refractivity contribution in [2.24, 2.45) is 17.4 Å². The number of carbonyl (C=O) groups excluding carboxylic acids is 4. The summed E-state index contributed by atoms with van der Waals surface area (Å²) in [7, 11) is 0. The van der Waals surface area contributed by atoms with Crippen LogP contribution >= 0.6 is 12.6 Å². The van der Waals surface area contributed by atoms with Crippen molar-refractivity contribution in [1.82, 2.24) is 16.0 Å². The average Bonchev–Trinajstić information content (AvgIpc) is 2.59. The predicted octanol–water partition coefficient (Wildman–Crippen LogP) is -2.66. The van der Waals surface area contributed by atoms with Gasteiger partial charge in [0.2, 0.25) is 23.6 Å². The van der Waals surface area contributed by atoms with Crippen LogP contribution < -0.4 is 27.4 Å². The molecule has 0 radical (unpaired) electrons. The highest BCUT2D eigenvalue weighted by Gasteiger charge is 2.30. The molecule has 0 bridgehead atoms. The van der Waals surface area contributed by atoms with Crippen molar-refractivity contribution in [2.45, 2.75) is 44.8 Å². The largest absolute Gasteiger partial charge is 0.480 e. The molecule has 0 rings (SSSR count). The molecule has 0 heterocycles. The summed E-state index contributed by atoms with van der Waals surface area (Å²) in [5.41, 5.74) is 10.2. The molecule has 0 saturated heterocycles. The van der Waals surface area contributed by atoms with Crippen LogP contribution in [-0.2, 0) is 24.0 Å². The SMILES string of the molecule is CC(C)C(NC(=O)C(CS)NC(=O)C(CCC(N)=O)NC(=O)CN)C(=O)O. The quantitative estimate of drug-likeness (QED) is 0.172. The maximum Gasteiger partial charge on any atom is 0.326 e. The van der Waals surface area contributed by atoms with Gasteiger partial charge in [0.15, 0.2) is 0 Å². The van der Waals surface area contributed by atoms with Gasteiger partial charge >= 0.3 is 5.97 Å². The fourth-order valence-electron chi connectivity index (χ4n) is 2.04. The van der Waals surface area contributed by atoms with Gasteiger partial charge in [-0.1, -0.05) is 13.8 Å². The highest BCUT2D eigenvalue weighted by molar-refractivity contribution is 7.80. The van der Waals surface area contributed by atoms with Crippen molar-refractivity contribution < 1.29 is 29.1 Å². The number of nitrogens with one attached hydrogen (secondary N) is 3. The Bertz CT molecular complexity index is 571. The summed E-state index contributed by atoms with van der Waals surface area (Å²) in [4.78, 5) is 58.3. The van der Waals surface area contributed by atoms with E-state index in [1.54, 1.807) is 13.8 Å². The number of hydrogen-bond donors (Lipinski definition) is 7. The Morgan fingerprint density at radius 3 is 1.96 bits per heavy atom.